The molecule has 1 aliphatic heterocycles. The summed E-state index contributed by atoms with van der Waals surface area (Å²) in [5, 5.41) is 1.34. The van der Waals surface area contributed by atoms with Gasteiger partial charge in [0.1, 0.15) is 0 Å². The van der Waals surface area contributed by atoms with Gasteiger partial charge in [0.05, 0.1) is 16.3 Å². The first-order valence-corrected chi connectivity index (χ1v) is 12.1. The summed E-state index contributed by atoms with van der Waals surface area (Å²) in [6.07, 6.45) is 1.96. The monoisotopic (exact) mass is 483 g/mol. The summed E-state index contributed by atoms with van der Waals surface area (Å²) in [7, 11) is 0. The van der Waals surface area contributed by atoms with Gasteiger partial charge >= 0.3 is 0 Å². The normalized spacial score (nSPS) is 16.1. The van der Waals surface area contributed by atoms with Gasteiger partial charge in [-0.05, 0) is 91.8 Å². The molecule has 4 nitrogen and oxygen atoms in total. The lowest BCUT2D eigenvalue weighted by Gasteiger charge is -2.15. The number of hydrogen-bond acceptors (Lipinski definition) is 3. The van der Waals surface area contributed by atoms with Crippen molar-refractivity contribution in [1.82, 2.24) is 4.57 Å². The molecular formula is C28H22ClN3OS. The average Bonchev–Trinajstić information content (AvgIpc) is 3.30. The number of aryl methyl sites for hydroxylation is 1. The van der Waals surface area contributed by atoms with E-state index in [2.05, 4.69) is 24.5 Å². The van der Waals surface area contributed by atoms with Crippen molar-refractivity contribution in [2.45, 2.75) is 13.8 Å². The number of amidine groups is 1. The summed E-state index contributed by atoms with van der Waals surface area (Å²) in [6.45, 7) is 4.12. The Kier molecular flexibility index (Phi) is 6.14. The van der Waals surface area contributed by atoms with Crippen LogP contribution in [-0.4, -0.2) is 15.6 Å². The maximum atomic E-state index is 13.6. The molecule has 4 aromatic rings. The first kappa shape index (κ1) is 22.3. The molecule has 34 heavy (non-hydrogen) atoms. The second-order valence-corrected chi connectivity index (χ2v) is 9.40. The zero-order valence-corrected chi connectivity index (χ0v) is 20.3. The number of benzene rings is 3. The lowest BCUT2D eigenvalue weighted by Crippen LogP contribution is -2.28. The number of anilines is 1. The second-order valence-electron chi connectivity index (χ2n) is 7.95. The van der Waals surface area contributed by atoms with E-state index in [4.69, 9.17) is 16.6 Å². The van der Waals surface area contributed by atoms with Gasteiger partial charge in [-0.2, -0.15) is 0 Å². The maximum absolute atomic E-state index is 13.6. The summed E-state index contributed by atoms with van der Waals surface area (Å²) in [5.74, 6) is -0.0813. The molecule has 1 saturated heterocycles. The zero-order valence-electron chi connectivity index (χ0n) is 18.8. The van der Waals surface area contributed by atoms with Crippen LogP contribution in [0, 0.1) is 13.8 Å². The van der Waals surface area contributed by atoms with E-state index < -0.39 is 0 Å². The molecule has 0 unspecified atom stereocenters. The molecule has 1 amide bonds. The Labute approximate surface area is 208 Å². The molecule has 5 rings (SSSR count). The van der Waals surface area contributed by atoms with Crippen molar-refractivity contribution >= 4 is 51.9 Å². The van der Waals surface area contributed by atoms with Gasteiger partial charge in [0, 0.05) is 22.1 Å². The number of thioether (sulfide) groups is 1. The Hall–Kier alpha value is -3.54. The molecule has 6 heteroatoms. The van der Waals surface area contributed by atoms with E-state index >= 15 is 0 Å². The maximum Gasteiger partial charge on any atom is 0.271 e. The SMILES string of the molecule is Cc1cc(/C=C2\SC(=Nc3ccccc3)N(c3ccccc3)C2=O)c(C)n1-c1ccc(Cl)cc1. The first-order valence-electron chi connectivity index (χ1n) is 10.9. The highest BCUT2D eigenvalue weighted by molar-refractivity contribution is 8.19. The lowest BCUT2D eigenvalue weighted by atomic mass is 10.2. The van der Waals surface area contributed by atoms with Crippen molar-refractivity contribution < 1.29 is 4.79 Å². The van der Waals surface area contributed by atoms with E-state index in [1.54, 1.807) is 4.90 Å². The van der Waals surface area contributed by atoms with Gasteiger partial charge < -0.3 is 4.57 Å². The largest absolute Gasteiger partial charge is 0.318 e. The second kappa shape index (κ2) is 9.37. The summed E-state index contributed by atoms with van der Waals surface area (Å²) >= 11 is 7.47. The molecule has 0 bridgehead atoms. The van der Waals surface area contributed by atoms with E-state index in [0.29, 0.717) is 15.1 Å². The quantitative estimate of drug-likeness (QED) is 0.281. The molecule has 0 aliphatic carbocycles. The smallest absolute Gasteiger partial charge is 0.271 e. The van der Waals surface area contributed by atoms with Gasteiger partial charge in [-0.3, -0.25) is 9.69 Å². The van der Waals surface area contributed by atoms with Crippen LogP contribution >= 0.6 is 23.4 Å². The molecule has 1 fully saturated rings. The van der Waals surface area contributed by atoms with E-state index in [9.17, 15) is 4.79 Å². The van der Waals surface area contributed by atoms with Crippen molar-refractivity contribution in [2.75, 3.05) is 4.90 Å². The van der Waals surface area contributed by atoms with Crippen molar-refractivity contribution in [2.24, 2.45) is 4.99 Å². The van der Waals surface area contributed by atoms with Crippen LogP contribution in [-0.2, 0) is 4.79 Å². The van der Waals surface area contributed by atoms with Gasteiger partial charge in [-0.15, -0.1) is 0 Å². The third-order valence-corrected chi connectivity index (χ3v) is 6.86. The minimum atomic E-state index is -0.0813. The number of para-hydroxylation sites is 2. The zero-order chi connectivity index (χ0) is 23.7. The first-order chi connectivity index (χ1) is 16.5. The molecule has 0 spiro atoms. The fraction of sp³-hybridized carbons (Fsp3) is 0.0714. The summed E-state index contributed by atoms with van der Waals surface area (Å²) in [6, 6.07) is 29.2. The van der Waals surface area contributed by atoms with E-state index in [1.807, 2.05) is 91.0 Å². The van der Waals surface area contributed by atoms with Crippen molar-refractivity contribution in [3.05, 3.63) is 118 Å². The number of aliphatic imine (C=N–C) groups is 1. The molecule has 0 saturated carbocycles. The Balaban J connectivity index is 1.56. The highest BCUT2D eigenvalue weighted by Gasteiger charge is 2.35. The lowest BCUT2D eigenvalue weighted by molar-refractivity contribution is -0.113. The average molecular weight is 484 g/mol. The van der Waals surface area contributed by atoms with Crippen LogP contribution < -0.4 is 4.90 Å². The van der Waals surface area contributed by atoms with Gasteiger partial charge in [0.15, 0.2) is 5.17 Å². The number of carbonyl (C=O) groups is 1. The highest BCUT2D eigenvalue weighted by Crippen LogP contribution is 2.38. The fourth-order valence-corrected chi connectivity index (χ4v) is 5.15. The minimum absolute atomic E-state index is 0.0813. The van der Waals surface area contributed by atoms with E-state index in [0.717, 1.165) is 34.0 Å². The number of nitrogens with zero attached hydrogens (tertiary/aromatic N) is 3. The van der Waals surface area contributed by atoms with Crippen LogP contribution in [0.15, 0.2) is 101 Å². The van der Waals surface area contributed by atoms with Gasteiger partial charge in [-0.25, -0.2) is 4.99 Å². The molecule has 2 heterocycles. The molecule has 0 radical (unpaired) electrons. The fourth-order valence-electron chi connectivity index (χ4n) is 4.03. The standard InChI is InChI=1S/C28H22ClN3OS/c1-19-17-21(20(2)31(19)25-15-13-22(29)14-16-25)18-26-27(33)32(24-11-7-4-8-12-24)28(34-26)30-23-9-5-3-6-10-23/h3-18H,1-2H3/b26-18-,30-28?. The van der Waals surface area contributed by atoms with E-state index in [1.165, 1.54) is 11.8 Å². The van der Waals surface area contributed by atoms with Crippen molar-refractivity contribution in [1.29, 1.82) is 0 Å². The van der Waals surface area contributed by atoms with Crippen LogP contribution in [0.5, 0.6) is 0 Å². The third kappa shape index (κ3) is 4.32. The summed E-state index contributed by atoms with van der Waals surface area (Å²) in [5.41, 5.74) is 5.77. The van der Waals surface area contributed by atoms with Crippen molar-refractivity contribution in [3.63, 3.8) is 0 Å². The Morgan fingerprint density at radius 2 is 1.50 bits per heavy atom. The van der Waals surface area contributed by atoms with E-state index in [-0.39, 0.29) is 5.91 Å². The highest BCUT2D eigenvalue weighted by atomic mass is 35.5. The molecule has 3 aromatic carbocycles. The van der Waals surface area contributed by atoms with Crippen LogP contribution in [0.3, 0.4) is 0 Å². The molecular weight excluding hydrogens is 462 g/mol. The summed E-state index contributed by atoms with van der Waals surface area (Å²) in [4.78, 5) is 20.7. The number of halogens is 1. The van der Waals surface area contributed by atoms with Gasteiger partial charge in [0.25, 0.3) is 5.91 Å². The van der Waals surface area contributed by atoms with Crippen molar-refractivity contribution in [3.8, 4) is 5.69 Å². The molecule has 0 N–H and O–H groups in total. The Morgan fingerprint density at radius 3 is 2.18 bits per heavy atom. The molecule has 0 atom stereocenters. The van der Waals surface area contributed by atoms with Gasteiger partial charge in [-0.1, -0.05) is 48.0 Å². The minimum Gasteiger partial charge on any atom is -0.318 e. The molecule has 168 valence electrons. The van der Waals surface area contributed by atoms with Crippen LogP contribution in [0.1, 0.15) is 17.0 Å². The van der Waals surface area contributed by atoms with Gasteiger partial charge in [0.2, 0.25) is 0 Å². The topological polar surface area (TPSA) is 37.6 Å². The number of carbonyl (C=O) groups excluding carboxylic acids is 1. The third-order valence-electron chi connectivity index (χ3n) is 5.64. The Bertz CT molecular complexity index is 1410. The molecule has 1 aliphatic rings. The van der Waals surface area contributed by atoms with Crippen LogP contribution in [0.4, 0.5) is 11.4 Å². The summed E-state index contributed by atoms with van der Waals surface area (Å²) < 4.78 is 2.17. The number of aromatic nitrogens is 1. The number of amides is 1. The number of hydrogen-bond donors (Lipinski definition) is 0. The number of rotatable bonds is 4. The van der Waals surface area contributed by atoms with Crippen LogP contribution in [0.2, 0.25) is 5.02 Å². The predicted octanol–water partition coefficient (Wildman–Crippen LogP) is 7.56. The molecule has 1 aromatic heterocycles. The Morgan fingerprint density at radius 1 is 0.853 bits per heavy atom. The van der Waals surface area contributed by atoms with Crippen LogP contribution in [0.25, 0.3) is 11.8 Å². The predicted molar refractivity (Wildman–Crippen MR) is 143 cm³/mol.